The van der Waals surface area contributed by atoms with Gasteiger partial charge in [0.2, 0.25) is 0 Å². The molecule has 0 saturated heterocycles. The van der Waals surface area contributed by atoms with Crippen LogP contribution in [0.2, 0.25) is 0 Å². The molecule has 0 radical (unpaired) electrons. The molecule has 0 aliphatic heterocycles. The Morgan fingerprint density at radius 1 is 1.15 bits per heavy atom. The highest BCUT2D eigenvalue weighted by molar-refractivity contribution is 5.24. The highest BCUT2D eigenvalue weighted by atomic mass is 16.7. The van der Waals surface area contributed by atoms with Crippen molar-refractivity contribution in [2.24, 2.45) is 34.5 Å². The summed E-state index contributed by atoms with van der Waals surface area (Å²) in [7, 11) is 0. The average Bonchev–Trinajstić information content (AvgIpc) is 3.09. The van der Waals surface area contributed by atoms with Crippen molar-refractivity contribution in [2.45, 2.75) is 123 Å². The Kier molecular flexibility index (Phi) is 7.36. The van der Waals surface area contributed by atoms with E-state index in [9.17, 15) is 10.2 Å². The number of aliphatic hydroxyl groups is 2. The molecular formula is C30H48O4. The molecule has 0 spiro atoms. The molecule has 4 heteroatoms. The van der Waals surface area contributed by atoms with Gasteiger partial charge in [0.05, 0.1) is 11.7 Å². The molecule has 0 aromatic heterocycles. The van der Waals surface area contributed by atoms with Gasteiger partial charge in [-0.3, -0.25) is 0 Å². The first-order valence-electron chi connectivity index (χ1n) is 13.8. The molecule has 2 N–H and O–H groups in total. The Morgan fingerprint density at radius 2 is 1.91 bits per heavy atom. The lowest BCUT2D eigenvalue weighted by Crippen LogP contribution is -2.49. The highest BCUT2D eigenvalue weighted by Gasteiger charge is 2.60. The number of hydrogen-bond acceptors (Lipinski definition) is 4. The fourth-order valence-electron chi connectivity index (χ4n) is 8.19. The number of rotatable bonds is 8. The predicted octanol–water partition coefficient (Wildman–Crippen LogP) is 5.86. The van der Waals surface area contributed by atoms with Crippen molar-refractivity contribution < 1.29 is 19.7 Å². The Morgan fingerprint density at radius 3 is 2.59 bits per heavy atom. The summed E-state index contributed by atoms with van der Waals surface area (Å²) in [6.07, 6.45) is 13.4. The van der Waals surface area contributed by atoms with Crippen LogP contribution in [0.5, 0.6) is 0 Å². The van der Waals surface area contributed by atoms with Crippen molar-refractivity contribution in [1.82, 2.24) is 0 Å². The van der Waals surface area contributed by atoms with E-state index in [1.165, 1.54) is 19.3 Å². The maximum absolute atomic E-state index is 11.9. The van der Waals surface area contributed by atoms with Crippen molar-refractivity contribution >= 4 is 0 Å². The third kappa shape index (κ3) is 5.15. The molecular weight excluding hydrogens is 424 g/mol. The lowest BCUT2D eigenvalue weighted by atomic mass is 9.57. The normalized spacial score (nSPS) is 43.2. The lowest BCUT2D eigenvalue weighted by Gasteiger charge is -2.50. The van der Waals surface area contributed by atoms with E-state index in [1.54, 1.807) is 0 Å². The molecule has 4 saturated carbocycles. The maximum atomic E-state index is 11.9. The fourth-order valence-corrected chi connectivity index (χ4v) is 8.19. The van der Waals surface area contributed by atoms with Crippen LogP contribution in [-0.2, 0) is 9.47 Å². The summed E-state index contributed by atoms with van der Waals surface area (Å²) in [5.74, 6) is 8.79. The smallest absolute Gasteiger partial charge is 0.156 e. The van der Waals surface area contributed by atoms with Crippen LogP contribution >= 0.6 is 0 Å². The van der Waals surface area contributed by atoms with E-state index in [-0.39, 0.29) is 23.2 Å². The van der Waals surface area contributed by atoms with Crippen LogP contribution < -0.4 is 0 Å². The SMILES string of the molecule is CCOC(C)OC(C)(C)C#CC[C@@H](C)[C@H]1CC[C@H]2[C@]1(C)CCC[C@]2(O)/C=C/[C@@]12C[C@@H](O)C[C@@H]1C2. The molecule has 1 unspecified atom stereocenters. The van der Waals surface area contributed by atoms with Crippen LogP contribution in [-0.4, -0.2) is 40.4 Å². The second-order valence-electron chi connectivity index (χ2n) is 12.8. The minimum absolute atomic E-state index is 0.148. The number of allylic oxidation sites excluding steroid dienone is 1. The molecule has 4 aliphatic rings. The van der Waals surface area contributed by atoms with Crippen molar-refractivity contribution in [3.8, 4) is 11.8 Å². The summed E-state index contributed by atoms with van der Waals surface area (Å²) in [5, 5.41) is 21.9. The van der Waals surface area contributed by atoms with E-state index in [0.717, 1.165) is 38.5 Å². The van der Waals surface area contributed by atoms with Crippen molar-refractivity contribution in [2.75, 3.05) is 6.61 Å². The molecule has 4 nitrogen and oxygen atoms in total. The van der Waals surface area contributed by atoms with Gasteiger partial charge < -0.3 is 19.7 Å². The van der Waals surface area contributed by atoms with Crippen LogP contribution in [0.3, 0.4) is 0 Å². The van der Waals surface area contributed by atoms with Crippen LogP contribution in [0, 0.1) is 46.3 Å². The Hall–Kier alpha value is -0.860. The van der Waals surface area contributed by atoms with E-state index in [4.69, 9.17) is 9.47 Å². The molecule has 0 bridgehead atoms. The average molecular weight is 473 g/mol. The zero-order valence-electron chi connectivity index (χ0n) is 22.4. The van der Waals surface area contributed by atoms with Crippen molar-refractivity contribution in [3.63, 3.8) is 0 Å². The summed E-state index contributed by atoms with van der Waals surface area (Å²) in [4.78, 5) is 0. The third-order valence-electron chi connectivity index (χ3n) is 9.82. The second kappa shape index (κ2) is 9.55. The van der Waals surface area contributed by atoms with Gasteiger partial charge in [-0.1, -0.05) is 37.8 Å². The molecule has 4 rings (SSSR count). The molecule has 34 heavy (non-hydrogen) atoms. The lowest BCUT2D eigenvalue weighted by molar-refractivity contribution is -0.169. The van der Waals surface area contributed by atoms with Crippen molar-refractivity contribution in [3.05, 3.63) is 12.2 Å². The van der Waals surface area contributed by atoms with E-state index in [0.29, 0.717) is 30.3 Å². The van der Waals surface area contributed by atoms with E-state index in [2.05, 4.69) is 37.8 Å². The standard InChI is InChI=1S/C30H48O4/c1-7-33-22(3)34-27(4,5)13-8-10-21(2)25-11-12-26-28(25,6)14-9-15-30(26,32)17-16-29-19-23(29)18-24(31)20-29/h16-17,21-26,31-32H,7,9-12,14-15,18-20H2,1-6H3/b17-16+/t21-,22?,23-,24+,25-,26+,28-,29-,30+/m1/s1. The first kappa shape index (κ1) is 26.2. The Balaban J connectivity index is 1.40. The number of fused-ring (bicyclic) bond motifs is 2. The summed E-state index contributed by atoms with van der Waals surface area (Å²) < 4.78 is 11.5. The Labute approximate surface area is 207 Å². The van der Waals surface area contributed by atoms with E-state index in [1.807, 2.05) is 27.7 Å². The van der Waals surface area contributed by atoms with Gasteiger partial charge >= 0.3 is 0 Å². The zero-order valence-corrected chi connectivity index (χ0v) is 22.4. The predicted molar refractivity (Wildman–Crippen MR) is 136 cm³/mol. The third-order valence-corrected chi connectivity index (χ3v) is 9.82. The second-order valence-corrected chi connectivity index (χ2v) is 12.8. The van der Waals surface area contributed by atoms with Gasteiger partial charge in [-0.15, -0.1) is 0 Å². The number of hydrogen-bond donors (Lipinski definition) is 2. The zero-order chi connectivity index (χ0) is 24.8. The molecule has 0 amide bonds. The quantitative estimate of drug-likeness (QED) is 0.264. The van der Waals surface area contributed by atoms with Crippen LogP contribution in [0.4, 0.5) is 0 Å². The topological polar surface area (TPSA) is 58.9 Å². The van der Waals surface area contributed by atoms with Gasteiger partial charge in [-0.2, -0.15) is 0 Å². The van der Waals surface area contributed by atoms with Gasteiger partial charge in [0, 0.05) is 13.0 Å². The molecule has 0 aromatic rings. The summed E-state index contributed by atoms with van der Waals surface area (Å²) >= 11 is 0. The van der Waals surface area contributed by atoms with Crippen LogP contribution in [0.15, 0.2) is 12.2 Å². The van der Waals surface area contributed by atoms with Crippen LogP contribution in [0.25, 0.3) is 0 Å². The molecule has 4 fully saturated rings. The first-order chi connectivity index (χ1) is 15.9. The van der Waals surface area contributed by atoms with E-state index >= 15 is 0 Å². The summed E-state index contributed by atoms with van der Waals surface area (Å²) in [6.45, 7) is 13.3. The highest BCUT2D eigenvalue weighted by Crippen LogP contribution is 2.66. The molecule has 0 heterocycles. The monoisotopic (exact) mass is 472 g/mol. The van der Waals surface area contributed by atoms with Gasteiger partial charge in [0.1, 0.15) is 5.60 Å². The number of ether oxygens (including phenoxy) is 2. The molecule has 4 aliphatic carbocycles. The van der Waals surface area contributed by atoms with Crippen LogP contribution in [0.1, 0.15) is 99.3 Å². The molecule has 9 atom stereocenters. The van der Waals surface area contributed by atoms with Gasteiger partial charge in [0.25, 0.3) is 0 Å². The minimum Gasteiger partial charge on any atom is -0.393 e. The first-order valence-corrected chi connectivity index (χ1v) is 13.8. The van der Waals surface area contributed by atoms with Gasteiger partial charge in [-0.25, -0.2) is 0 Å². The minimum atomic E-state index is -0.701. The number of aliphatic hydroxyl groups excluding tert-OH is 1. The maximum Gasteiger partial charge on any atom is 0.156 e. The van der Waals surface area contributed by atoms with Gasteiger partial charge in [0.15, 0.2) is 6.29 Å². The van der Waals surface area contributed by atoms with E-state index < -0.39 is 11.2 Å². The fraction of sp³-hybridized carbons (Fsp3) is 0.867. The molecule has 192 valence electrons. The van der Waals surface area contributed by atoms with Gasteiger partial charge in [-0.05, 0) is 114 Å². The summed E-state index contributed by atoms with van der Waals surface area (Å²) in [6, 6.07) is 0. The Bertz CT molecular complexity index is 823. The summed E-state index contributed by atoms with van der Waals surface area (Å²) in [5.41, 5.74) is -0.893. The molecule has 0 aromatic carbocycles. The largest absolute Gasteiger partial charge is 0.393 e. The van der Waals surface area contributed by atoms with Crippen molar-refractivity contribution in [1.29, 1.82) is 0 Å².